The summed E-state index contributed by atoms with van der Waals surface area (Å²) < 4.78 is 1.24. The maximum absolute atomic E-state index is 5.34. The number of aromatic nitrogens is 4. The monoisotopic (exact) mass is 708 g/mol. The van der Waals surface area contributed by atoms with Crippen molar-refractivity contribution in [2.45, 2.75) is 19.3 Å². The lowest BCUT2D eigenvalue weighted by molar-refractivity contribution is 0.660. The van der Waals surface area contributed by atoms with Crippen LogP contribution in [0.25, 0.3) is 98.4 Å². The molecule has 7 aromatic carbocycles. The molecule has 254 valence electrons. The number of nitrogens with zero attached hydrogens (tertiary/aromatic N) is 4. The molecule has 0 atom stereocenters. The Bertz CT molecular complexity index is 3150. The van der Waals surface area contributed by atoms with Crippen LogP contribution in [0.5, 0.6) is 0 Å². The van der Waals surface area contributed by atoms with Crippen LogP contribution in [0, 0.1) is 0 Å². The van der Waals surface area contributed by atoms with E-state index < -0.39 is 0 Å². The SMILES string of the molecule is CC1(C)c2ccccc2-c2ccc(-c3nc(-c4cccc(-c5nc6sc7ccccc7c6c6ccccc56)c4)nc(-c4cccc5ccccc45)n3)cc21. The highest BCUT2D eigenvalue weighted by molar-refractivity contribution is 7.25. The van der Waals surface area contributed by atoms with Crippen LogP contribution in [0.3, 0.4) is 0 Å². The van der Waals surface area contributed by atoms with Crippen molar-refractivity contribution in [3.05, 3.63) is 169 Å². The Morgan fingerprint density at radius 2 is 1.04 bits per heavy atom. The second kappa shape index (κ2) is 11.7. The van der Waals surface area contributed by atoms with Gasteiger partial charge in [0.2, 0.25) is 0 Å². The summed E-state index contributed by atoms with van der Waals surface area (Å²) in [5.74, 6) is 1.92. The second-order valence-electron chi connectivity index (χ2n) is 14.6. The molecule has 54 heavy (non-hydrogen) atoms. The van der Waals surface area contributed by atoms with Gasteiger partial charge >= 0.3 is 0 Å². The molecule has 1 aliphatic carbocycles. The molecule has 0 bridgehead atoms. The summed E-state index contributed by atoms with van der Waals surface area (Å²) in [5.41, 5.74) is 9.89. The number of benzene rings is 7. The molecule has 3 heterocycles. The molecule has 0 unspecified atom stereocenters. The third-order valence-electron chi connectivity index (χ3n) is 11.1. The number of rotatable bonds is 4. The molecule has 0 amide bonds. The first-order valence-electron chi connectivity index (χ1n) is 18.3. The summed E-state index contributed by atoms with van der Waals surface area (Å²) in [4.78, 5) is 22.0. The van der Waals surface area contributed by atoms with Crippen molar-refractivity contribution in [3.8, 4) is 56.5 Å². The van der Waals surface area contributed by atoms with Crippen molar-refractivity contribution in [2.24, 2.45) is 0 Å². The molecule has 0 N–H and O–H groups in total. The van der Waals surface area contributed by atoms with Gasteiger partial charge in [0.25, 0.3) is 0 Å². The average molecular weight is 709 g/mol. The van der Waals surface area contributed by atoms with Crippen molar-refractivity contribution in [1.29, 1.82) is 0 Å². The smallest absolute Gasteiger partial charge is 0.164 e. The number of thiophene rings is 1. The molecule has 4 nitrogen and oxygen atoms in total. The zero-order valence-corrected chi connectivity index (χ0v) is 30.5. The van der Waals surface area contributed by atoms with Crippen molar-refractivity contribution in [1.82, 2.24) is 19.9 Å². The van der Waals surface area contributed by atoms with E-state index in [9.17, 15) is 0 Å². The minimum atomic E-state index is -0.143. The maximum atomic E-state index is 5.34. The third-order valence-corrected chi connectivity index (χ3v) is 12.2. The van der Waals surface area contributed by atoms with Crippen LogP contribution in [-0.4, -0.2) is 19.9 Å². The van der Waals surface area contributed by atoms with E-state index in [0.29, 0.717) is 17.5 Å². The Kier molecular flexibility index (Phi) is 6.73. The first-order chi connectivity index (χ1) is 26.5. The van der Waals surface area contributed by atoms with E-state index in [1.165, 1.54) is 43.1 Å². The van der Waals surface area contributed by atoms with Gasteiger partial charge in [-0.25, -0.2) is 19.9 Å². The standard InChI is InChI=1S/C49H32N4S/c1-49(2)40-23-9-7-18-34(40)35-26-25-32(28-41(35)49)46-51-45(52-47(53-46)38-22-12-14-29-13-3-4-17-33(29)38)31-16-11-15-30(27-31)44-37-20-6-5-19-36(37)43-39-21-8-10-24-42(39)54-48(43)50-44/h3-28H,1-2H3. The molecule has 1 aliphatic rings. The molecule has 11 rings (SSSR count). The largest absolute Gasteiger partial charge is 0.236 e. The Labute approximate surface area is 316 Å². The molecule has 0 saturated carbocycles. The zero-order chi connectivity index (χ0) is 36.0. The predicted molar refractivity (Wildman–Crippen MR) is 225 cm³/mol. The molecule has 10 aromatic rings. The van der Waals surface area contributed by atoms with Crippen molar-refractivity contribution in [3.63, 3.8) is 0 Å². The van der Waals surface area contributed by atoms with E-state index in [-0.39, 0.29) is 5.41 Å². The van der Waals surface area contributed by atoms with Gasteiger partial charge in [-0.3, -0.25) is 0 Å². The normalized spacial score (nSPS) is 13.1. The fourth-order valence-corrected chi connectivity index (χ4v) is 9.58. The van der Waals surface area contributed by atoms with Gasteiger partial charge in [-0.1, -0.05) is 153 Å². The van der Waals surface area contributed by atoms with Gasteiger partial charge in [-0.2, -0.15) is 0 Å². The molecule has 5 heteroatoms. The maximum Gasteiger partial charge on any atom is 0.164 e. The molecule has 0 aliphatic heterocycles. The molecule has 0 spiro atoms. The number of hydrogen-bond donors (Lipinski definition) is 0. The first kappa shape index (κ1) is 31.0. The molecule has 3 aromatic heterocycles. The van der Waals surface area contributed by atoms with Gasteiger partial charge < -0.3 is 0 Å². The third kappa shape index (κ3) is 4.68. The van der Waals surface area contributed by atoms with E-state index in [0.717, 1.165) is 48.9 Å². The minimum Gasteiger partial charge on any atom is -0.236 e. The average Bonchev–Trinajstić information content (AvgIpc) is 3.72. The summed E-state index contributed by atoms with van der Waals surface area (Å²) in [6.07, 6.45) is 0. The highest BCUT2D eigenvalue weighted by Gasteiger charge is 2.35. The van der Waals surface area contributed by atoms with Crippen LogP contribution in [-0.2, 0) is 5.41 Å². The lowest BCUT2D eigenvalue weighted by Gasteiger charge is -2.21. The van der Waals surface area contributed by atoms with Crippen molar-refractivity contribution in [2.75, 3.05) is 0 Å². The van der Waals surface area contributed by atoms with Crippen LogP contribution in [0.1, 0.15) is 25.0 Å². The van der Waals surface area contributed by atoms with Crippen molar-refractivity contribution < 1.29 is 0 Å². The summed E-state index contributed by atoms with van der Waals surface area (Å²) in [7, 11) is 0. The van der Waals surface area contributed by atoms with E-state index in [1.807, 2.05) is 0 Å². The van der Waals surface area contributed by atoms with Gasteiger partial charge in [0, 0.05) is 48.5 Å². The molecule has 0 saturated heterocycles. The van der Waals surface area contributed by atoms with Gasteiger partial charge in [-0.15, -0.1) is 11.3 Å². The predicted octanol–water partition coefficient (Wildman–Crippen LogP) is 12.9. The Hall–Kier alpha value is -6.56. The van der Waals surface area contributed by atoms with Crippen LogP contribution in [0.4, 0.5) is 0 Å². The summed E-state index contributed by atoms with van der Waals surface area (Å²) in [6, 6.07) is 55.9. The Balaban J connectivity index is 1.11. The second-order valence-corrected chi connectivity index (χ2v) is 15.7. The summed E-state index contributed by atoms with van der Waals surface area (Å²) in [5, 5.41) is 7.05. The summed E-state index contributed by atoms with van der Waals surface area (Å²) in [6.45, 7) is 4.61. The van der Waals surface area contributed by atoms with E-state index >= 15 is 0 Å². The van der Waals surface area contributed by atoms with Gasteiger partial charge in [0.05, 0.1) is 5.69 Å². The van der Waals surface area contributed by atoms with Gasteiger partial charge in [0.15, 0.2) is 17.5 Å². The van der Waals surface area contributed by atoms with Gasteiger partial charge in [-0.05, 0) is 56.6 Å². The lowest BCUT2D eigenvalue weighted by atomic mass is 9.82. The van der Waals surface area contributed by atoms with Crippen LogP contribution in [0.15, 0.2) is 158 Å². The zero-order valence-electron chi connectivity index (χ0n) is 29.7. The quantitative estimate of drug-likeness (QED) is 0.183. The molecular weight excluding hydrogens is 677 g/mol. The Morgan fingerprint density at radius 3 is 1.91 bits per heavy atom. The van der Waals surface area contributed by atoms with Crippen LogP contribution in [0.2, 0.25) is 0 Å². The number of fused-ring (bicyclic) bond motifs is 9. The van der Waals surface area contributed by atoms with Crippen LogP contribution < -0.4 is 0 Å². The Morgan fingerprint density at radius 1 is 0.426 bits per heavy atom. The van der Waals surface area contributed by atoms with Crippen molar-refractivity contribution >= 4 is 53.2 Å². The highest BCUT2D eigenvalue weighted by Crippen LogP contribution is 2.49. The van der Waals surface area contributed by atoms with E-state index in [1.54, 1.807) is 11.3 Å². The van der Waals surface area contributed by atoms with Gasteiger partial charge in [0.1, 0.15) is 4.83 Å². The first-order valence-corrected chi connectivity index (χ1v) is 19.1. The highest BCUT2D eigenvalue weighted by atomic mass is 32.1. The molecule has 0 radical (unpaired) electrons. The molecular formula is C49H32N4S. The number of hydrogen-bond acceptors (Lipinski definition) is 5. The summed E-state index contributed by atoms with van der Waals surface area (Å²) >= 11 is 1.75. The molecule has 0 fully saturated rings. The lowest BCUT2D eigenvalue weighted by Crippen LogP contribution is -2.15. The fourth-order valence-electron chi connectivity index (χ4n) is 8.48. The minimum absolute atomic E-state index is 0.143. The number of pyridine rings is 1. The van der Waals surface area contributed by atoms with E-state index in [4.69, 9.17) is 19.9 Å². The fraction of sp³-hybridized carbons (Fsp3) is 0.0612. The van der Waals surface area contributed by atoms with Crippen LogP contribution >= 0.6 is 11.3 Å². The van der Waals surface area contributed by atoms with E-state index in [2.05, 4.69) is 172 Å². The topological polar surface area (TPSA) is 51.6 Å².